The van der Waals surface area contributed by atoms with Gasteiger partial charge in [0.25, 0.3) is 5.56 Å². The Bertz CT molecular complexity index is 1510. The lowest BCUT2D eigenvalue weighted by molar-refractivity contribution is -0.137. The van der Waals surface area contributed by atoms with Gasteiger partial charge in [0.1, 0.15) is 12.7 Å². The molecule has 44 heavy (non-hydrogen) atoms. The monoisotopic (exact) mass is 619 g/mol. The van der Waals surface area contributed by atoms with Gasteiger partial charge in [0.15, 0.2) is 5.82 Å². The van der Waals surface area contributed by atoms with E-state index in [0.717, 1.165) is 16.7 Å². The van der Waals surface area contributed by atoms with Crippen LogP contribution in [-0.4, -0.2) is 34.3 Å². The number of nitrogens with two attached hydrogens (primary N) is 2. The smallest absolute Gasteiger partial charge is 0.433 e. The summed E-state index contributed by atoms with van der Waals surface area (Å²) in [5, 5.41) is 5.58. The number of nitrogen functional groups attached to an aromatic ring is 1. The molecule has 0 saturated heterocycles. The number of carbonyl (C=O) groups excluding carboxylic acids is 2. The van der Waals surface area contributed by atoms with E-state index in [9.17, 15) is 27.6 Å². The van der Waals surface area contributed by atoms with Crippen LogP contribution in [0.5, 0.6) is 0 Å². The van der Waals surface area contributed by atoms with Crippen LogP contribution in [0.25, 0.3) is 11.3 Å². The first-order chi connectivity index (χ1) is 20.6. The number of anilines is 2. The summed E-state index contributed by atoms with van der Waals surface area (Å²) in [4.78, 5) is 46.7. The fourth-order valence-corrected chi connectivity index (χ4v) is 3.90. The average molecular weight is 620 g/mol. The molecule has 3 rings (SSSR count). The Morgan fingerprint density at radius 3 is 2.36 bits per heavy atom. The molecule has 0 radical (unpaired) electrons. The summed E-state index contributed by atoms with van der Waals surface area (Å²) in [5.41, 5.74) is 13.5. The fourth-order valence-electron chi connectivity index (χ4n) is 3.90. The number of hydroxylamine groups is 1. The minimum Gasteiger partial charge on any atom is -0.433 e. The summed E-state index contributed by atoms with van der Waals surface area (Å²) in [6.07, 6.45) is -5.21. The zero-order valence-corrected chi connectivity index (χ0v) is 24.7. The number of ether oxygens (including phenoxy) is 1. The molecule has 0 fully saturated rings. The Hall–Kier alpha value is -4.63. The number of hydrogen-bond acceptors (Lipinski definition) is 10. The highest BCUT2D eigenvalue weighted by atomic mass is 19.4. The second-order valence-corrected chi connectivity index (χ2v) is 10.7. The van der Waals surface area contributed by atoms with Crippen molar-refractivity contribution in [1.82, 2.24) is 20.3 Å². The van der Waals surface area contributed by atoms with Gasteiger partial charge in [-0.3, -0.25) is 14.2 Å². The molecule has 1 aromatic heterocycles. The second kappa shape index (κ2) is 14.7. The van der Waals surface area contributed by atoms with Crippen molar-refractivity contribution >= 4 is 23.6 Å². The molecular formula is C29H36F3N7O5. The van der Waals surface area contributed by atoms with Crippen LogP contribution in [0, 0.1) is 5.92 Å². The third-order valence-electron chi connectivity index (χ3n) is 5.99. The number of hydrogen-bond donors (Lipinski definition) is 5. The molecule has 1 atom stereocenters. The van der Waals surface area contributed by atoms with E-state index < -0.39 is 42.1 Å². The van der Waals surface area contributed by atoms with E-state index in [4.69, 9.17) is 21.0 Å². The van der Waals surface area contributed by atoms with Crippen LogP contribution in [-0.2, 0) is 33.6 Å². The molecular weight excluding hydrogens is 583 g/mol. The average Bonchev–Trinajstić information content (AvgIpc) is 2.95. The molecule has 0 aliphatic carbocycles. The summed E-state index contributed by atoms with van der Waals surface area (Å²) in [6, 6.07) is 9.43. The lowest BCUT2D eigenvalue weighted by atomic mass is 10.1. The van der Waals surface area contributed by atoms with Crippen LogP contribution in [0.15, 0.2) is 53.5 Å². The van der Waals surface area contributed by atoms with E-state index in [2.05, 4.69) is 21.1 Å². The molecule has 12 nitrogen and oxygen atoms in total. The van der Waals surface area contributed by atoms with Crippen LogP contribution in [0.1, 0.15) is 50.6 Å². The predicted molar refractivity (Wildman–Crippen MR) is 158 cm³/mol. The Kier molecular flexibility index (Phi) is 11.3. The van der Waals surface area contributed by atoms with Crippen molar-refractivity contribution in [1.29, 1.82) is 0 Å². The highest BCUT2D eigenvalue weighted by Crippen LogP contribution is 2.34. The zero-order valence-electron chi connectivity index (χ0n) is 24.7. The molecule has 0 spiro atoms. The van der Waals surface area contributed by atoms with Gasteiger partial charge in [0.2, 0.25) is 5.91 Å². The van der Waals surface area contributed by atoms with E-state index in [1.54, 1.807) is 38.1 Å². The second-order valence-electron chi connectivity index (χ2n) is 10.7. The van der Waals surface area contributed by atoms with Gasteiger partial charge < -0.3 is 31.7 Å². The first kappa shape index (κ1) is 33.9. The highest BCUT2D eigenvalue weighted by Gasteiger charge is 2.31. The lowest BCUT2D eigenvalue weighted by Gasteiger charge is -2.17. The van der Waals surface area contributed by atoms with Gasteiger partial charge in [-0.05, 0) is 49.1 Å². The van der Waals surface area contributed by atoms with E-state index >= 15 is 0 Å². The van der Waals surface area contributed by atoms with Gasteiger partial charge in [-0.25, -0.2) is 9.78 Å². The number of amides is 1. The molecule has 0 aliphatic heterocycles. The van der Waals surface area contributed by atoms with Gasteiger partial charge in [0.05, 0.1) is 24.1 Å². The number of carbonyl (C=O) groups is 2. The molecule has 3 aromatic rings. The van der Waals surface area contributed by atoms with Crippen molar-refractivity contribution in [2.24, 2.45) is 11.7 Å². The number of rotatable bonds is 12. The van der Waals surface area contributed by atoms with E-state index in [-0.39, 0.29) is 47.9 Å². The zero-order chi connectivity index (χ0) is 32.6. The number of aromatic nitrogens is 2. The molecule has 238 valence electrons. The number of alkyl halides is 3. The number of nitrogens with zero attached hydrogens (tertiary/aromatic N) is 2. The number of benzene rings is 2. The Morgan fingerprint density at radius 2 is 1.75 bits per heavy atom. The topological polar surface area (TPSA) is 176 Å². The summed E-state index contributed by atoms with van der Waals surface area (Å²) in [6.45, 7) is 7.09. The summed E-state index contributed by atoms with van der Waals surface area (Å²) >= 11 is 0. The maximum absolute atomic E-state index is 13.5. The first-order valence-corrected chi connectivity index (χ1v) is 13.7. The molecule has 1 amide bonds. The molecule has 0 bridgehead atoms. The molecule has 0 saturated carbocycles. The van der Waals surface area contributed by atoms with Crippen LogP contribution in [0.2, 0.25) is 0 Å². The van der Waals surface area contributed by atoms with E-state index in [0.29, 0.717) is 11.1 Å². The lowest BCUT2D eigenvalue weighted by Crippen LogP contribution is -2.35. The third-order valence-corrected chi connectivity index (χ3v) is 5.99. The van der Waals surface area contributed by atoms with Crippen molar-refractivity contribution in [3.8, 4) is 11.3 Å². The maximum atomic E-state index is 13.5. The van der Waals surface area contributed by atoms with Crippen LogP contribution in [0.4, 0.5) is 29.5 Å². The molecule has 1 unspecified atom stereocenters. The standard InChI is InChI=1S/C29H36F3N7O5/c1-16(2)15-43-28(42)44-38-25(34)19-7-5-18(6-8-19)12-35-24(40)14-39-23(13-36-26(27(39)41)37-17(3)4)20-9-21(29(30,31)32)11-22(33)10-20/h5-11,13,16-17,25,38H,12,14-15,33-34H2,1-4H3,(H,35,40)(H,36,37). The SMILES string of the molecule is CC(C)COC(=O)ONC(N)c1ccc(CNC(=O)Cn2c(-c3cc(N)cc(C(F)(F)F)c3)cnc(NC(C)C)c2=O)cc1. The fraction of sp³-hybridized carbons (Fsp3) is 0.379. The minimum absolute atomic E-state index is 0.0154. The van der Waals surface area contributed by atoms with Crippen molar-refractivity contribution in [2.75, 3.05) is 17.7 Å². The van der Waals surface area contributed by atoms with Crippen molar-refractivity contribution in [2.45, 2.75) is 59.2 Å². The Balaban J connectivity index is 1.73. The first-order valence-electron chi connectivity index (χ1n) is 13.7. The van der Waals surface area contributed by atoms with Crippen LogP contribution in [0.3, 0.4) is 0 Å². The quantitative estimate of drug-likeness (QED) is 0.0865. The van der Waals surface area contributed by atoms with E-state index in [1.165, 1.54) is 12.3 Å². The molecule has 15 heteroatoms. The number of nitrogens with one attached hydrogen (secondary N) is 3. The normalized spacial score (nSPS) is 12.2. The third kappa shape index (κ3) is 9.70. The van der Waals surface area contributed by atoms with Crippen molar-refractivity contribution in [3.05, 3.63) is 75.7 Å². The Labute approximate surface area is 251 Å². The van der Waals surface area contributed by atoms with Gasteiger partial charge in [0, 0.05) is 23.8 Å². The predicted octanol–water partition coefficient (Wildman–Crippen LogP) is 3.92. The van der Waals surface area contributed by atoms with Gasteiger partial charge >= 0.3 is 12.3 Å². The van der Waals surface area contributed by atoms with Crippen LogP contribution < -0.4 is 33.1 Å². The summed E-state index contributed by atoms with van der Waals surface area (Å²) in [7, 11) is 0. The van der Waals surface area contributed by atoms with Gasteiger partial charge in [-0.2, -0.15) is 13.2 Å². The minimum atomic E-state index is -4.68. The maximum Gasteiger partial charge on any atom is 0.527 e. The molecule has 1 heterocycles. The summed E-state index contributed by atoms with van der Waals surface area (Å²) < 4.78 is 46.3. The largest absolute Gasteiger partial charge is 0.527 e. The van der Waals surface area contributed by atoms with E-state index in [1.807, 2.05) is 13.8 Å². The van der Waals surface area contributed by atoms with Gasteiger partial charge in [-0.1, -0.05) is 38.1 Å². The molecule has 2 aromatic carbocycles. The van der Waals surface area contributed by atoms with Crippen molar-refractivity contribution in [3.63, 3.8) is 0 Å². The molecule has 0 aliphatic rings. The highest BCUT2D eigenvalue weighted by molar-refractivity contribution is 5.77. The molecule has 7 N–H and O–H groups in total. The van der Waals surface area contributed by atoms with Gasteiger partial charge in [-0.15, -0.1) is 5.48 Å². The number of halogens is 3. The Morgan fingerprint density at radius 1 is 1.07 bits per heavy atom. The summed E-state index contributed by atoms with van der Waals surface area (Å²) in [5.74, 6) is -0.494. The van der Waals surface area contributed by atoms with Crippen LogP contribution >= 0.6 is 0 Å². The van der Waals surface area contributed by atoms with Crippen molar-refractivity contribution < 1.29 is 32.3 Å².